The van der Waals surface area contributed by atoms with Gasteiger partial charge in [0.2, 0.25) is 5.88 Å². The summed E-state index contributed by atoms with van der Waals surface area (Å²) in [6, 6.07) is 1.76. The van der Waals surface area contributed by atoms with Gasteiger partial charge in [0.15, 0.2) is 5.75 Å². The highest BCUT2D eigenvalue weighted by Gasteiger charge is 2.14. The minimum atomic E-state index is 0.246. The average Bonchev–Trinajstić information content (AvgIpc) is 2.55. The van der Waals surface area contributed by atoms with Crippen molar-refractivity contribution < 1.29 is 4.74 Å². The molecule has 0 saturated heterocycles. The number of ether oxygens (including phenoxy) is 1. The van der Waals surface area contributed by atoms with Gasteiger partial charge in [-0.2, -0.15) is 10.1 Å². The first-order valence-corrected chi connectivity index (χ1v) is 6.90. The van der Waals surface area contributed by atoms with Gasteiger partial charge in [0.05, 0.1) is 5.69 Å². The van der Waals surface area contributed by atoms with Gasteiger partial charge < -0.3 is 4.74 Å². The number of rotatable bonds is 3. The second-order valence-electron chi connectivity index (χ2n) is 4.77. The van der Waals surface area contributed by atoms with Gasteiger partial charge in [-0.05, 0) is 29.8 Å². The number of aromatic nitrogens is 4. The molecule has 0 aliphatic rings. The summed E-state index contributed by atoms with van der Waals surface area (Å²) in [6.45, 7) is 7.98. The van der Waals surface area contributed by atoms with Crippen molar-refractivity contribution in [1.29, 1.82) is 0 Å². The largest absolute Gasteiger partial charge is 0.435 e. The van der Waals surface area contributed by atoms with Crippen molar-refractivity contribution in [3.05, 3.63) is 27.9 Å². The first kappa shape index (κ1) is 14.0. The Morgan fingerprint density at radius 3 is 2.47 bits per heavy atom. The number of nitrogens with zero attached hydrogens (tertiary/aromatic N) is 4. The third kappa shape index (κ3) is 2.94. The van der Waals surface area contributed by atoms with Crippen LogP contribution in [0.15, 0.2) is 10.7 Å². The molecule has 0 atom stereocenters. The molecule has 0 aromatic carbocycles. The lowest BCUT2D eigenvalue weighted by Gasteiger charge is -2.09. The molecule has 0 aliphatic carbocycles. The lowest BCUT2D eigenvalue weighted by molar-refractivity contribution is 0.448. The Kier molecular flexibility index (Phi) is 3.89. The number of halogens is 1. The lowest BCUT2D eigenvalue weighted by Crippen LogP contribution is -2.00. The predicted octanol–water partition coefficient (Wildman–Crippen LogP) is 3.51. The topological polar surface area (TPSA) is 52.8 Å². The van der Waals surface area contributed by atoms with Gasteiger partial charge >= 0.3 is 0 Å². The summed E-state index contributed by atoms with van der Waals surface area (Å²) in [5, 5.41) is 4.32. The molecule has 0 bridgehead atoms. The van der Waals surface area contributed by atoms with Crippen LogP contribution >= 0.6 is 15.9 Å². The van der Waals surface area contributed by atoms with Gasteiger partial charge in [-0.3, -0.25) is 4.68 Å². The monoisotopic (exact) mass is 324 g/mol. The molecule has 0 spiro atoms. The van der Waals surface area contributed by atoms with Crippen LogP contribution in [0.25, 0.3) is 0 Å². The van der Waals surface area contributed by atoms with Crippen LogP contribution < -0.4 is 4.74 Å². The zero-order valence-electron chi connectivity index (χ0n) is 11.7. The summed E-state index contributed by atoms with van der Waals surface area (Å²) in [5.74, 6) is 2.28. The van der Waals surface area contributed by atoms with Gasteiger partial charge in [-0.25, -0.2) is 4.98 Å². The van der Waals surface area contributed by atoms with Crippen molar-refractivity contribution in [2.24, 2.45) is 7.05 Å². The quantitative estimate of drug-likeness (QED) is 0.811. The first-order chi connectivity index (χ1) is 8.88. The van der Waals surface area contributed by atoms with Crippen molar-refractivity contribution in [3.8, 4) is 11.6 Å². The van der Waals surface area contributed by atoms with Crippen LogP contribution in [0.2, 0.25) is 0 Å². The fraction of sp³-hybridized carbons (Fsp3) is 0.462. The fourth-order valence-corrected chi connectivity index (χ4v) is 2.11. The van der Waals surface area contributed by atoms with E-state index >= 15 is 0 Å². The molecule has 0 amide bonds. The molecule has 5 nitrogen and oxygen atoms in total. The molecule has 0 radical (unpaired) electrons. The number of hydrogen-bond acceptors (Lipinski definition) is 4. The van der Waals surface area contributed by atoms with Crippen LogP contribution in [0.1, 0.15) is 37.0 Å². The zero-order chi connectivity index (χ0) is 14.2. The maximum atomic E-state index is 5.87. The highest BCUT2D eigenvalue weighted by Crippen LogP contribution is 2.28. The molecule has 19 heavy (non-hydrogen) atoms. The van der Waals surface area contributed by atoms with Crippen molar-refractivity contribution in [2.45, 2.75) is 33.6 Å². The summed E-state index contributed by atoms with van der Waals surface area (Å²) < 4.78 is 8.39. The van der Waals surface area contributed by atoms with Crippen LogP contribution in [-0.2, 0) is 7.05 Å². The molecule has 2 rings (SSSR count). The standard InChI is InChI=1S/C13H17BrN4O/c1-7(2)13-15-10(14)6-11(16-13)19-12-8(3)17-18(5)9(12)4/h6-7H,1-5H3. The van der Waals surface area contributed by atoms with Crippen molar-refractivity contribution >= 4 is 15.9 Å². The van der Waals surface area contributed by atoms with E-state index < -0.39 is 0 Å². The molecule has 0 saturated carbocycles. The Hall–Kier alpha value is -1.43. The van der Waals surface area contributed by atoms with E-state index in [1.165, 1.54) is 0 Å². The van der Waals surface area contributed by atoms with Crippen LogP contribution in [0.4, 0.5) is 0 Å². The molecule has 0 N–H and O–H groups in total. The Balaban J connectivity index is 2.38. The molecule has 2 aromatic rings. The molecular formula is C13H17BrN4O. The molecule has 2 aromatic heterocycles. The maximum absolute atomic E-state index is 5.87. The van der Waals surface area contributed by atoms with Crippen LogP contribution in [0.5, 0.6) is 11.6 Å². The van der Waals surface area contributed by atoms with Crippen molar-refractivity contribution in [3.63, 3.8) is 0 Å². The lowest BCUT2D eigenvalue weighted by atomic mass is 10.2. The second kappa shape index (κ2) is 5.28. The molecule has 6 heteroatoms. The highest BCUT2D eigenvalue weighted by molar-refractivity contribution is 9.10. The Morgan fingerprint density at radius 1 is 1.26 bits per heavy atom. The Morgan fingerprint density at radius 2 is 1.95 bits per heavy atom. The smallest absolute Gasteiger partial charge is 0.223 e. The van der Waals surface area contributed by atoms with Crippen LogP contribution in [-0.4, -0.2) is 19.7 Å². The van der Waals surface area contributed by atoms with E-state index in [1.54, 1.807) is 10.7 Å². The van der Waals surface area contributed by atoms with E-state index in [-0.39, 0.29) is 5.92 Å². The Labute approximate surface area is 121 Å². The molecule has 102 valence electrons. The second-order valence-corrected chi connectivity index (χ2v) is 5.58. The summed E-state index contributed by atoms with van der Waals surface area (Å²) in [4.78, 5) is 8.75. The summed E-state index contributed by atoms with van der Waals surface area (Å²) in [5.41, 5.74) is 1.82. The normalized spacial score (nSPS) is 11.1. The molecular weight excluding hydrogens is 308 g/mol. The van der Waals surface area contributed by atoms with Crippen molar-refractivity contribution in [2.75, 3.05) is 0 Å². The third-order valence-corrected chi connectivity index (χ3v) is 3.26. The summed E-state index contributed by atoms with van der Waals surface area (Å²) >= 11 is 3.38. The van der Waals surface area contributed by atoms with E-state index in [2.05, 4.69) is 31.0 Å². The van der Waals surface area contributed by atoms with Gasteiger partial charge in [-0.1, -0.05) is 13.8 Å². The SMILES string of the molecule is Cc1nn(C)c(C)c1Oc1cc(Br)nc(C(C)C)n1. The van der Waals surface area contributed by atoms with Gasteiger partial charge in [0.25, 0.3) is 0 Å². The van der Waals surface area contributed by atoms with E-state index in [9.17, 15) is 0 Å². The maximum Gasteiger partial charge on any atom is 0.223 e. The first-order valence-electron chi connectivity index (χ1n) is 6.11. The zero-order valence-corrected chi connectivity index (χ0v) is 13.3. The van der Waals surface area contributed by atoms with Gasteiger partial charge in [-0.15, -0.1) is 0 Å². The minimum absolute atomic E-state index is 0.246. The Bertz CT molecular complexity index is 607. The molecule has 0 fully saturated rings. The van der Waals surface area contributed by atoms with Crippen molar-refractivity contribution in [1.82, 2.24) is 19.7 Å². The van der Waals surface area contributed by atoms with E-state index in [1.807, 2.05) is 34.7 Å². The average molecular weight is 325 g/mol. The van der Waals surface area contributed by atoms with Crippen LogP contribution in [0.3, 0.4) is 0 Å². The highest BCUT2D eigenvalue weighted by atomic mass is 79.9. The van der Waals surface area contributed by atoms with Crippen LogP contribution in [0, 0.1) is 13.8 Å². The number of aryl methyl sites for hydroxylation is 2. The fourth-order valence-electron chi connectivity index (χ4n) is 1.73. The minimum Gasteiger partial charge on any atom is -0.435 e. The van der Waals surface area contributed by atoms with E-state index in [0.29, 0.717) is 5.88 Å². The number of hydrogen-bond donors (Lipinski definition) is 0. The summed E-state index contributed by atoms with van der Waals surface area (Å²) in [7, 11) is 1.89. The molecule has 0 unspecified atom stereocenters. The van der Waals surface area contributed by atoms with E-state index in [0.717, 1.165) is 27.6 Å². The summed E-state index contributed by atoms with van der Waals surface area (Å²) in [6.07, 6.45) is 0. The third-order valence-electron chi connectivity index (χ3n) is 2.85. The predicted molar refractivity (Wildman–Crippen MR) is 76.6 cm³/mol. The molecule has 0 aliphatic heterocycles. The van der Waals surface area contributed by atoms with Gasteiger partial charge in [0, 0.05) is 19.0 Å². The van der Waals surface area contributed by atoms with Gasteiger partial charge in [0.1, 0.15) is 16.1 Å². The van der Waals surface area contributed by atoms with E-state index in [4.69, 9.17) is 4.74 Å². The molecule has 2 heterocycles.